The van der Waals surface area contributed by atoms with Crippen molar-refractivity contribution in [1.29, 1.82) is 0 Å². The molecule has 0 unspecified atom stereocenters. The van der Waals surface area contributed by atoms with Crippen LogP contribution in [0.4, 0.5) is 4.79 Å². The van der Waals surface area contributed by atoms with Crippen LogP contribution in [0.25, 0.3) is 0 Å². The van der Waals surface area contributed by atoms with E-state index >= 15 is 0 Å². The fourth-order valence-electron chi connectivity index (χ4n) is 1.78. The van der Waals surface area contributed by atoms with Crippen molar-refractivity contribution in [3.05, 3.63) is 11.8 Å². The van der Waals surface area contributed by atoms with Gasteiger partial charge < -0.3 is 19.7 Å². The van der Waals surface area contributed by atoms with E-state index in [9.17, 15) is 9.59 Å². The number of amides is 2. The van der Waals surface area contributed by atoms with Crippen LogP contribution in [0.15, 0.2) is 11.8 Å². The first-order valence-corrected chi connectivity index (χ1v) is 7.32. The molecule has 0 saturated carbocycles. The van der Waals surface area contributed by atoms with Gasteiger partial charge in [0, 0.05) is 13.1 Å². The summed E-state index contributed by atoms with van der Waals surface area (Å²) < 4.78 is 9.94. The molecule has 0 aromatic carbocycles. The van der Waals surface area contributed by atoms with E-state index in [1.165, 1.54) is 7.11 Å². The van der Waals surface area contributed by atoms with Crippen molar-refractivity contribution in [2.45, 2.75) is 33.6 Å². The second-order valence-electron chi connectivity index (χ2n) is 5.86. The summed E-state index contributed by atoms with van der Waals surface area (Å²) in [6.07, 6.45) is 3.42. The van der Waals surface area contributed by atoms with Gasteiger partial charge in [-0.15, -0.1) is 0 Å². The van der Waals surface area contributed by atoms with E-state index in [2.05, 4.69) is 26.1 Å². The van der Waals surface area contributed by atoms with Crippen molar-refractivity contribution in [1.82, 2.24) is 10.2 Å². The van der Waals surface area contributed by atoms with E-state index in [0.29, 0.717) is 32.7 Å². The molecule has 6 nitrogen and oxygen atoms in total. The molecule has 0 aromatic rings. The fraction of sp³-hybridized carbons (Fsp3) is 0.733. The van der Waals surface area contributed by atoms with E-state index in [1.54, 1.807) is 11.0 Å². The highest BCUT2D eigenvalue weighted by atomic mass is 16.5. The van der Waals surface area contributed by atoms with Crippen LogP contribution in [0.1, 0.15) is 33.6 Å². The molecule has 6 heteroatoms. The van der Waals surface area contributed by atoms with Crippen LogP contribution in [0.5, 0.6) is 0 Å². The van der Waals surface area contributed by atoms with Crippen molar-refractivity contribution in [3.63, 3.8) is 0 Å². The minimum absolute atomic E-state index is 0.0724. The summed E-state index contributed by atoms with van der Waals surface area (Å²) in [6.45, 7) is 8.42. The van der Waals surface area contributed by atoms with Gasteiger partial charge in [-0.05, 0) is 11.8 Å². The Kier molecular flexibility index (Phi) is 6.68. The van der Waals surface area contributed by atoms with Crippen LogP contribution < -0.4 is 5.32 Å². The molecule has 0 spiro atoms. The van der Waals surface area contributed by atoms with Gasteiger partial charge in [-0.3, -0.25) is 0 Å². The summed E-state index contributed by atoms with van der Waals surface area (Å²) in [4.78, 5) is 25.6. The number of nitrogens with zero attached hydrogens (tertiary/aromatic N) is 1. The highest BCUT2D eigenvalue weighted by Gasteiger charge is 2.21. The summed E-state index contributed by atoms with van der Waals surface area (Å²) in [7, 11) is 1.31. The molecule has 0 aromatic heterocycles. The molecular formula is C15H26N2O4. The number of nitrogens with one attached hydrogen (secondary N) is 1. The lowest BCUT2D eigenvalue weighted by Gasteiger charge is -2.27. The summed E-state index contributed by atoms with van der Waals surface area (Å²) in [5.41, 5.74) is 0.277. The first-order chi connectivity index (χ1) is 9.89. The molecule has 0 radical (unpaired) electrons. The number of rotatable bonds is 5. The lowest BCUT2D eigenvalue weighted by atomic mass is 9.86. The number of hydrogen-bond donors (Lipinski definition) is 1. The first-order valence-electron chi connectivity index (χ1n) is 7.32. The van der Waals surface area contributed by atoms with Crippen molar-refractivity contribution in [2.75, 3.05) is 33.4 Å². The zero-order valence-corrected chi connectivity index (χ0v) is 13.4. The Balaban J connectivity index is 2.71. The minimum Gasteiger partial charge on any atom is -0.464 e. The Bertz CT molecular complexity index is 398. The van der Waals surface area contributed by atoms with Gasteiger partial charge in [0.05, 0.1) is 20.3 Å². The van der Waals surface area contributed by atoms with Gasteiger partial charge in [0.15, 0.2) is 0 Å². The number of methoxy groups -OCH3 is 1. The molecule has 0 atom stereocenters. The zero-order chi connectivity index (χ0) is 15.9. The molecule has 21 heavy (non-hydrogen) atoms. The van der Waals surface area contributed by atoms with Gasteiger partial charge >= 0.3 is 12.0 Å². The number of carbonyl (C=O) groups excluding carboxylic acids is 2. The Labute approximate surface area is 126 Å². The Morgan fingerprint density at radius 1 is 1.33 bits per heavy atom. The number of morpholine rings is 1. The number of urea groups is 1. The topological polar surface area (TPSA) is 67.9 Å². The molecule has 2 amide bonds. The van der Waals surface area contributed by atoms with Crippen LogP contribution in [-0.2, 0) is 14.3 Å². The summed E-state index contributed by atoms with van der Waals surface area (Å²) in [5.74, 6) is -0.525. The highest BCUT2D eigenvalue weighted by Crippen LogP contribution is 2.25. The average molecular weight is 298 g/mol. The third-order valence-corrected chi connectivity index (χ3v) is 3.76. The smallest absolute Gasteiger partial charge is 0.354 e. The number of carbonyl (C=O) groups is 2. The van der Waals surface area contributed by atoms with Crippen LogP contribution in [0.2, 0.25) is 0 Å². The minimum atomic E-state index is -0.525. The molecule has 120 valence electrons. The van der Waals surface area contributed by atoms with E-state index < -0.39 is 5.97 Å². The van der Waals surface area contributed by atoms with Gasteiger partial charge in [-0.1, -0.05) is 33.3 Å². The molecule has 1 heterocycles. The second-order valence-corrected chi connectivity index (χ2v) is 5.86. The van der Waals surface area contributed by atoms with Gasteiger partial charge in [0.25, 0.3) is 0 Å². The Morgan fingerprint density at radius 2 is 1.95 bits per heavy atom. The Hall–Kier alpha value is -1.56. The molecule has 1 fully saturated rings. The van der Waals surface area contributed by atoms with Gasteiger partial charge in [0.2, 0.25) is 0 Å². The summed E-state index contributed by atoms with van der Waals surface area (Å²) in [6, 6.07) is -0.288. The largest absolute Gasteiger partial charge is 0.464 e. The van der Waals surface area contributed by atoms with Crippen molar-refractivity contribution >= 4 is 12.0 Å². The maximum atomic E-state index is 12.1. The maximum Gasteiger partial charge on any atom is 0.354 e. The van der Waals surface area contributed by atoms with E-state index in [4.69, 9.17) is 9.47 Å². The SMILES string of the molecule is CCC(C)(C)C/C=C(/NC(=O)N1CCOCC1)C(=O)OC. The van der Waals surface area contributed by atoms with Crippen molar-refractivity contribution in [2.24, 2.45) is 5.41 Å². The van der Waals surface area contributed by atoms with E-state index in [1.807, 2.05) is 0 Å². The number of esters is 1. The zero-order valence-electron chi connectivity index (χ0n) is 13.4. The predicted molar refractivity (Wildman–Crippen MR) is 79.7 cm³/mol. The maximum absolute atomic E-state index is 12.1. The lowest BCUT2D eigenvalue weighted by Crippen LogP contribution is -2.46. The molecule has 1 aliphatic heterocycles. The molecular weight excluding hydrogens is 272 g/mol. The second kappa shape index (κ2) is 8.02. The number of hydrogen-bond acceptors (Lipinski definition) is 4. The molecule has 1 aliphatic rings. The predicted octanol–water partition coefficient (Wildman–Crippen LogP) is 1.91. The van der Waals surface area contributed by atoms with Crippen LogP contribution in [-0.4, -0.2) is 50.3 Å². The van der Waals surface area contributed by atoms with Gasteiger partial charge in [-0.2, -0.15) is 0 Å². The Morgan fingerprint density at radius 3 is 2.48 bits per heavy atom. The lowest BCUT2D eigenvalue weighted by molar-refractivity contribution is -0.136. The third kappa shape index (κ3) is 5.75. The van der Waals surface area contributed by atoms with Crippen LogP contribution in [0, 0.1) is 5.41 Å². The molecule has 1 saturated heterocycles. The number of allylic oxidation sites excluding steroid dienone is 1. The summed E-state index contributed by atoms with van der Waals surface area (Å²) >= 11 is 0. The quantitative estimate of drug-likeness (QED) is 0.622. The highest BCUT2D eigenvalue weighted by molar-refractivity contribution is 5.93. The number of ether oxygens (including phenoxy) is 2. The third-order valence-electron chi connectivity index (χ3n) is 3.76. The molecule has 1 rings (SSSR count). The van der Waals surface area contributed by atoms with Gasteiger partial charge in [0.1, 0.15) is 5.70 Å². The normalized spacial score (nSPS) is 16.6. The summed E-state index contributed by atoms with van der Waals surface area (Å²) in [5, 5.41) is 2.65. The van der Waals surface area contributed by atoms with Crippen LogP contribution >= 0.6 is 0 Å². The molecule has 0 bridgehead atoms. The van der Waals surface area contributed by atoms with Crippen LogP contribution in [0.3, 0.4) is 0 Å². The van der Waals surface area contributed by atoms with E-state index in [-0.39, 0.29) is 17.1 Å². The molecule has 0 aliphatic carbocycles. The van der Waals surface area contributed by atoms with E-state index in [0.717, 1.165) is 6.42 Å². The van der Waals surface area contributed by atoms with Gasteiger partial charge in [-0.25, -0.2) is 9.59 Å². The van der Waals surface area contributed by atoms with Crippen molar-refractivity contribution < 1.29 is 19.1 Å². The fourth-order valence-corrected chi connectivity index (χ4v) is 1.78. The van der Waals surface area contributed by atoms with Crippen molar-refractivity contribution in [3.8, 4) is 0 Å². The standard InChI is InChI=1S/C15H26N2O4/c1-5-15(2,3)7-6-12(13(18)20-4)16-14(19)17-8-10-21-11-9-17/h6H,5,7-11H2,1-4H3,(H,16,19)/b12-6+. The first kappa shape index (κ1) is 17.5. The average Bonchev–Trinajstić information content (AvgIpc) is 2.51. The molecule has 1 N–H and O–H groups in total. The monoisotopic (exact) mass is 298 g/mol.